The molecule has 2 N–H and O–H groups in total. The van der Waals surface area contributed by atoms with Gasteiger partial charge in [-0.05, 0) is 12.3 Å². The lowest BCUT2D eigenvalue weighted by Gasteiger charge is -2.26. The first-order chi connectivity index (χ1) is 8.70. The van der Waals surface area contributed by atoms with Gasteiger partial charge in [-0.1, -0.05) is 32.5 Å². The Morgan fingerprint density at radius 3 is 2.58 bits per heavy atom. The number of nitrogens with one attached hydrogen (secondary N) is 2. The second-order valence-electron chi connectivity index (χ2n) is 5.10. The van der Waals surface area contributed by atoms with Crippen LogP contribution < -0.4 is 11.2 Å². The topological polar surface area (TPSA) is 105 Å². The summed E-state index contributed by atoms with van der Waals surface area (Å²) >= 11 is 0.917. The zero-order chi connectivity index (χ0) is 14.6. The van der Waals surface area contributed by atoms with Crippen molar-refractivity contribution in [3.8, 4) is 0 Å². The zero-order valence-corrected chi connectivity index (χ0v) is 12.1. The Hall–Kier alpha value is -1.57. The van der Waals surface area contributed by atoms with Crippen molar-refractivity contribution in [3.05, 3.63) is 20.8 Å². The van der Waals surface area contributed by atoms with Crippen molar-refractivity contribution < 1.29 is 9.53 Å². The van der Waals surface area contributed by atoms with E-state index < -0.39 is 17.2 Å². The summed E-state index contributed by atoms with van der Waals surface area (Å²) in [4.78, 5) is 35.7. The van der Waals surface area contributed by atoms with Crippen LogP contribution in [-0.4, -0.2) is 33.0 Å². The van der Waals surface area contributed by atoms with E-state index in [2.05, 4.69) is 10.2 Å². The molecule has 106 valence electrons. The Morgan fingerprint density at radius 2 is 2.05 bits per heavy atom. The Bertz CT molecular complexity index is 558. The van der Waals surface area contributed by atoms with Gasteiger partial charge in [0.2, 0.25) is 0 Å². The molecule has 0 saturated heterocycles. The lowest BCUT2D eigenvalue weighted by Crippen LogP contribution is -2.30. The molecule has 0 radical (unpaired) electrons. The van der Waals surface area contributed by atoms with Crippen LogP contribution in [0.25, 0.3) is 0 Å². The highest BCUT2D eigenvalue weighted by atomic mass is 32.2. The fraction of sp³-hybridized carbons (Fsp3) is 0.636. The molecule has 0 amide bonds. The lowest BCUT2D eigenvalue weighted by molar-refractivity contribution is -0.149. The van der Waals surface area contributed by atoms with Gasteiger partial charge in [0.1, 0.15) is 6.10 Å². The van der Waals surface area contributed by atoms with E-state index >= 15 is 0 Å². The maximum atomic E-state index is 11.6. The quantitative estimate of drug-likeness (QED) is 0.618. The van der Waals surface area contributed by atoms with Crippen LogP contribution in [0, 0.1) is 5.41 Å². The van der Waals surface area contributed by atoms with Gasteiger partial charge < -0.3 is 4.74 Å². The molecular weight excluding hydrogens is 270 g/mol. The third-order valence-corrected chi connectivity index (χ3v) is 3.46. The number of carbonyl (C=O) groups excluding carboxylic acids is 1. The molecule has 8 heteroatoms. The summed E-state index contributed by atoms with van der Waals surface area (Å²) in [6.45, 7) is 7.71. The van der Waals surface area contributed by atoms with Crippen molar-refractivity contribution in [3.63, 3.8) is 0 Å². The summed E-state index contributed by atoms with van der Waals surface area (Å²) in [7, 11) is 0. The Morgan fingerprint density at radius 1 is 1.42 bits per heavy atom. The summed E-state index contributed by atoms with van der Waals surface area (Å²) in [5, 5.41) is 5.67. The number of ether oxygens (including phenoxy) is 1. The molecule has 0 aromatic carbocycles. The second kappa shape index (κ2) is 6.05. The van der Waals surface area contributed by atoms with Gasteiger partial charge in [-0.3, -0.25) is 14.6 Å². The average molecular weight is 287 g/mol. The highest BCUT2D eigenvalue weighted by Gasteiger charge is 2.23. The van der Waals surface area contributed by atoms with E-state index in [0.29, 0.717) is 0 Å². The second-order valence-corrected chi connectivity index (χ2v) is 6.06. The van der Waals surface area contributed by atoms with Crippen LogP contribution >= 0.6 is 11.8 Å². The molecule has 0 aliphatic rings. The molecule has 19 heavy (non-hydrogen) atoms. The summed E-state index contributed by atoms with van der Waals surface area (Å²) < 4.78 is 5.23. The monoisotopic (exact) mass is 287 g/mol. The van der Waals surface area contributed by atoms with Gasteiger partial charge >= 0.3 is 11.7 Å². The Labute approximate surface area is 114 Å². The molecule has 1 unspecified atom stereocenters. The first kappa shape index (κ1) is 15.5. The first-order valence-electron chi connectivity index (χ1n) is 5.71. The van der Waals surface area contributed by atoms with E-state index in [0.717, 1.165) is 11.8 Å². The predicted octanol–water partition coefficient (Wildman–Crippen LogP) is 0.528. The molecular formula is C11H17N3O4S. The van der Waals surface area contributed by atoms with Crippen LogP contribution in [0.3, 0.4) is 0 Å². The largest absolute Gasteiger partial charge is 0.461 e. The van der Waals surface area contributed by atoms with Crippen molar-refractivity contribution in [2.45, 2.75) is 38.8 Å². The minimum Gasteiger partial charge on any atom is -0.461 e. The SMILES string of the molecule is CC(OC(=O)CSc1n[nH]c(=O)[nH]c1=O)C(C)(C)C. The predicted molar refractivity (Wildman–Crippen MR) is 71.2 cm³/mol. The number of hydrogen-bond acceptors (Lipinski definition) is 6. The molecule has 1 aromatic heterocycles. The van der Waals surface area contributed by atoms with E-state index in [1.54, 1.807) is 0 Å². The average Bonchev–Trinajstić information content (AvgIpc) is 2.26. The maximum absolute atomic E-state index is 11.6. The minimum atomic E-state index is -0.682. The molecule has 1 heterocycles. The third-order valence-electron chi connectivity index (χ3n) is 2.53. The Kier molecular flexibility index (Phi) is 4.93. The number of rotatable bonds is 4. The number of nitrogens with zero attached hydrogens (tertiary/aromatic N) is 1. The number of H-pyrrole nitrogens is 2. The number of esters is 1. The zero-order valence-electron chi connectivity index (χ0n) is 11.3. The summed E-state index contributed by atoms with van der Waals surface area (Å²) in [6.07, 6.45) is -0.234. The van der Waals surface area contributed by atoms with Gasteiger partial charge in [-0.15, -0.1) is 0 Å². The van der Waals surface area contributed by atoms with Crippen LogP contribution in [0.2, 0.25) is 0 Å². The van der Waals surface area contributed by atoms with Gasteiger partial charge in [-0.2, -0.15) is 5.10 Å². The Balaban J connectivity index is 2.55. The van der Waals surface area contributed by atoms with E-state index in [-0.39, 0.29) is 22.3 Å². The fourth-order valence-electron chi connectivity index (χ4n) is 0.970. The molecule has 0 bridgehead atoms. The van der Waals surface area contributed by atoms with Crippen molar-refractivity contribution in [2.75, 3.05) is 5.75 Å². The van der Waals surface area contributed by atoms with Gasteiger partial charge in [0, 0.05) is 0 Å². The van der Waals surface area contributed by atoms with Crippen molar-refractivity contribution in [2.24, 2.45) is 5.41 Å². The first-order valence-corrected chi connectivity index (χ1v) is 6.70. The van der Waals surface area contributed by atoms with E-state index in [1.165, 1.54) is 0 Å². The maximum Gasteiger partial charge on any atom is 0.342 e. The number of aromatic nitrogens is 3. The third kappa shape index (κ3) is 4.90. The molecule has 0 fully saturated rings. The van der Waals surface area contributed by atoms with E-state index in [4.69, 9.17) is 4.74 Å². The number of carbonyl (C=O) groups is 1. The van der Waals surface area contributed by atoms with Crippen LogP contribution in [0.5, 0.6) is 0 Å². The minimum absolute atomic E-state index is 0.0277. The molecule has 0 aliphatic carbocycles. The standard InChI is InChI=1S/C11H17N3O4S/c1-6(11(2,3)4)18-7(15)5-19-9-8(16)12-10(17)14-13-9/h6H,5H2,1-4H3,(H2,12,14,16,17). The van der Waals surface area contributed by atoms with Crippen LogP contribution in [0.4, 0.5) is 0 Å². The van der Waals surface area contributed by atoms with Crippen LogP contribution in [0.15, 0.2) is 14.6 Å². The van der Waals surface area contributed by atoms with Crippen molar-refractivity contribution >= 4 is 17.7 Å². The van der Waals surface area contributed by atoms with Gasteiger partial charge in [0.15, 0.2) is 5.03 Å². The number of thioether (sulfide) groups is 1. The molecule has 7 nitrogen and oxygen atoms in total. The van der Waals surface area contributed by atoms with Crippen LogP contribution in [0.1, 0.15) is 27.7 Å². The fourth-order valence-corrected chi connectivity index (χ4v) is 1.58. The van der Waals surface area contributed by atoms with E-state index in [1.807, 2.05) is 32.7 Å². The number of aromatic amines is 2. The lowest BCUT2D eigenvalue weighted by atomic mass is 9.90. The summed E-state index contributed by atoms with van der Waals surface area (Å²) in [6, 6.07) is 0. The highest BCUT2D eigenvalue weighted by Crippen LogP contribution is 2.22. The summed E-state index contributed by atoms with van der Waals surface area (Å²) in [5.74, 6) is -0.470. The normalized spacial score (nSPS) is 13.1. The van der Waals surface area contributed by atoms with Gasteiger partial charge in [-0.25, -0.2) is 9.89 Å². The van der Waals surface area contributed by atoms with E-state index in [9.17, 15) is 14.4 Å². The highest BCUT2D eigenvalue weighted by molar-refractivity contribution is 7.99. The van der Waals surface area contributed by atoms with Crippen molar-refractivity contribution in [1.29, 1.82) is 0 Å². The van der Waals surface area contributed by atoms with Crippen LogP contribution in [-0.2, 0) is 9.53 Å². The smallest absolute Gasteiger partial charge is 0.342 e. The molecule has 1 atom stereocenters. The molecule has 0 spiro atoms. The van der Waals surface area contributed by atoms with Gasteiger partial charge in [0.05, 0.1) is 5.75 Å². The van der Waals surface area contributed by atoms with Crippen molar-refractivity contribution in [1.82, 2.24) is 15.2 Å². The summed E-state index contributed by atoms with van der Waals surface area (Å²) in [5.41, 5.74) is -1.45. The molecule has 0 saturated carbocycles. The number of hydrogen-bond donors (Lipinski definition) is 2. The molecule has 0 aliphatic heterocycles. The molecule has 1 rings (SSSR count). The molecule has 1 aromatic rings. The van der Waals surface area contributed by atoms with Gasteiger partial charge in [0.25, 0.3) is 5.56 Å².